The Morgan fingerprint density at radius 1 is 1.20 bits per heavy atom. The van der Waals surface area contributed by atoms with E-state index in [4.69, 9.17) is 10.2 Å². The van der Waals surface area contributed by atoms with Crippen molar-refractivity contribution < 1.29 is 24.6 Å². The topological polar surface area (TPSA) is 104 Å². The molecule has 20 heavy (non-hydrogen) atoms. The lowest BCUT2D eigenvalue weighted by atomic mass is 10.1. The van der Waals surface area contributed by atoms with Crippen molar-refractivity contribution in [3.63, 3.8) is 0 Å². The van der Waals surface area contributed by atoms with E-state index in [-0.39, 0.29) is 6.42 Å². The summed E-state index contributed by atoms with van der Waals surface area (Å²) < 4.78 is 0. The number of carbonyl (C=O) groups excluding carboxylic acids is 1. The van der Waals surface area contributed by atoms with Gasteiger partial charge in [-0.3, -0.25) is 9.59 Å². The second-order valence-corrected chi connectivity index (χ2v) is 5.28. The molecule has 1 amide bonds. The molecular weight excluding hydrogens is 282 g/mol. The third-order valence-electron chi connectivity index (χ3n) is 2.73. The first-order chi connectivity index (χ1) is 9.50. The van der Waals surface area contributed by atoms with Gasteiger partial charge in [0.2, 0.25) is 0 Å². The van der Waals surface area contributed by atoms with Crippen molar-refractivity contribution in [3.05, 3.63) is 22.4 Å². The van der Waals surface area contributed by atoms with Gasteiger partial charge >= 0.3 is 11.9 Å². The van der Waals surface area contributed by atoms with Gasteiger partial charge in [-0.2, -0.15) is 0 Å². The fourth-order valence-corrected chi connectivity index (χ4v) is 2.32. The van der Waals surface area contributed by atoms with Crippen molar-refractivity contribution in [2.24, 2.45) is 0 Å². The van der Waals surface area contributed by atoms with E-state index in [1.54, 1.807) is 17.5 Å². The van der Waals surface area contributed by atoms with Crippen LogP contribution in [0.25, 0.3) is 0 Å². The molecule has 0 unspecified atom stereocenters. The molecule has 1 rings (SSSR count). The number of amides is 1. The summed E-state index contributed by atoms with van der Waals surface area (Å²) in [5, 5.41) is 21.8. The minimum atomic E-state index is -1.08. The van der Waals surface area contributed by atoms with Crippen LogP contribution in [0.5, 0.6) is 0 Å². The average molecular weight is 299 g/mol. The molecule has 1 aromatic heterocycles. The zero-order chi connectivity index (χ0) is 15.0. The zero-order valence-corrected chi connectivity index (χ0v) is 11.7. The van der Waals surface area contributed by atoms with Crippen LogP contribution in [0.4, 0.5) is 0 Å². The van der Waals surface area contributed by atoms with Gasteiger partial charge in [-0.15, -0.1) is 11.3 Å². The smallest absolute Gasteiger partial charge is 0.326 e. The number of hydrogen-bond acceptors (Lipinski definition) is 4. The molecule has 0 aliphatic rings. The van der Waals surface area contributed by atoms with Gasteiger partial charge in [-0.05, 0) is 24.3 Å². The molecule has 7 heteroatoms. The van der Waals surface area contributed by atoms with E-state index in [1.165, 1.54) is 11.3 Å². The third-order valence-corrected chi connectivity index (χ3v) is 3.60. The van der Waals surface area contributed by atoms with E-state index in [1.807, 2.05) is 0 Å². The van der Waals surface area contributed by atoms with E-state index in [0.29, 0.717) is 30.6 Å². The van der Waals surface area contributed by atoms with Crippen LogP contribution in [-0.4, -0.2) is 34.1 Å². The number of thiophene rings is 1. The Labute approximate surface area is 120 Å². The molecule has 110 valence electrons. The molecule has 1 atom stereocenters. The number of carbonyl (C=O) groups is 3. The van der Waals surface area contributed by atoms with Gasteiger partial charge < -0.3 is 15.5 Å². The van der Waals surface area contributed by atoms with Crippen molar-refractivity contribution in [1.82, 2.24) is 5.32 Å². The summed E-state index contributed by atoms with van der Waals surface area (Å²) in [6.45, 7) is 0. The van der Waals surface area contributed by atoms with Crippen molar-refractivity contribution in [1.29, 1.82) is 0 Å². The van der Waals surface area contributed by atoms with Crippen LogP contribution in [0.3, 0.4) is 0 Å². The minimum absolute atomic E-state index is 0.0826. The highest BCUT2D eigenvalue weighted by Gasteiger charge is 2.20. The first kappa shape index (κ1) is 16.2. The van der Waals surface area contributed by atoms with Crippen LogP contribution in [0.1, 0.15) is 41.8 Å². The van der Waals surface area contributed by atoms with Gasteiger partial charge in [0, 0.05) is 6.42 Å². The molecule has 6 nitrogen and oxygen atoms in total. The van der Waals surface area contributed by atoms with Crippen LogP contribution in [0.15, 0.2) is 17.5 Å². The molecule has 1 heterocycles. The summed E-state index contributed by atoms with van der Waals surface area (Å²) in [6.07, 6.45) is 2.09. The second kappa shape index (κ2) is 8.31. The molecule has 0 aromatic carbocycles. The van der Waals surface area contributed by atoms with E-state index in [0.717, 1.165) is 0 Å². The predicted molar refractivity (Wildman–Crippen MR) is 73.9 cm³/mol. The Bertz CT molecular complexity index is 457. The maximum atomic E-state index is 11.8. The molecule has 3 N–H and O–H groups in total. The summed E-state index contributed by atoms with van der Waals surface area (Å²) in [4.78, 5) is 33.6. The number of rotatable bonds is 9. The predicted octanol–water partition coefficient (Wildman–Crippen LogP) is 1.97. The number of carboxylic acids is 2. The normalized spacial score (nSPS) is 11.8. The number of carboxylic acid groups (broad SMARTS) is 2. The Morgan fingerprint density at radius 3 is 2.50 bits per heavy atom. The van der Waals surface area contributed by atoms with Crippen molar-refractivity contribution in [3.8, 4) is 0 Å². The first-order valence-electron chi connectivity index (χ1n) is 6.29. The maximum Gasteiger partial charge on any atom is 0.326 e. The van der Waals surface area contributed by atoms with Gasteiger partial charge in [0.05, 0.1) is 4.88 Å². The lowest BCUT2D eigenvalue weighted by Gasteiger charge is -2.13. The summed E-state index contributed by atoms with van der Waals surface area (Å²) in [6, 6.07) is 2.42. The molecule has 0 saturated heterocycles. The quantitative estimate of drug-likeness (QED) is 0.605. The fraction of sp³-hybridized carbons (Fsp3) is 0.462. The summed E-state index contributed by atoms with van der Waals surface area (Å²) in [5.74, 6) is -2.32. The lowest BCUT2D eigenvalue weighted by molar-refractivity contribution is -0.140. The Hall–Kier alpha value is -1.89. The Balaban J connectivity index is 2.35. The Morgan fingerprint density at radius 2 is 1.95 bits per heavy atom. The van der Waals surface area contributed by atoms with E-state index in [2.05, 4.69) is 5.32 Å². The Kier molecular flexibility index (Phi) is 6.72. The number of hydrogen-bond donors (Lipinski definition) is 3. The van der Waals surface area contributed by atoms with E-state index < -0.39 is 23.9 Å². The summed E-state index contributed by atoms with van der Waals surface area (Å²) >= 11 is 1.25. The van der Waals surface area contributed by atoms with Gasteiger partial charge in [-0.1, -0.05) is 18.9 Å². The van der Waals surface area contributed by atoms with Gasteiger partial charge in [0.25, 0.3) is 5.91 Å². The van der Waals surface area contributed by atoms with Crippen molar-refractivity contribution in [2.75, 3.05) is 0 Å². The highest BCUT2D eigenvalue weighted by Crippen LogP contribution is 2.10. The summed E-state index contributed by atoms with van der Waals surface area (Å²) in [5.41, 5.74) is 0. The van der Waals surface area contributed by atoms with Gasteiger partial charge in [0.15, 0.2) is 0 Å². The number of unbranched alkanes of at least 4 members (excludes halogenated alkanes) is 2. The first-order valence-corrected chi connectivity index (χ1v) is 7.17. The van der Waals surface area contributed by atoms with Crippen molar-refractivity contribution in [2.45, 2.75) is 38.1 Å². The SMILES string of the molecule is O=C(O)CCCCC[C@H](NC(=O)c1cccs1)C(=O)O. The molecular formula is C13H17NO5S. The maximum absolute atomic E-state index is 11.8. The van der Waals surface area contributed by atoms with E-state index in [9.17, 15) is 14.4 Å². The van der Waals surface area contributed by atoms with Crippen LogP contribution in [-0.2, 0) is 9.59 Å². The fourth-order valence-electron chi connectivity index (χ4n) is 1.70. The van der Waals surface area contributed by atoms with E-state index >= 15 is 0 Å². The number of nitrogens with one attached hydrogen (secondary N) is 1. The standard InChI is InChI=1S/C13H17NO5S/c15-11(16)7-3-1-2-5-9(13(18)19)14-12(17)10-6-4-8-20-10/h4,6,8-9H,1-3,5,7H2,(H,14,17)(H,15,16)(H,18,19)/t9-/m0/s1. The molecule has 0 radical (unpaired) electrons. The third kappa shape index (κ3) is 5.83. The summed E-state index contributed by atoms with van der Waals surface area (Å²) in [7, 11) is 0. The molecule has 0 aliphatic carbocycles. The molecule has 0 spiro atoms. The zero-order valence-electron chi connectivity index (χ0n) is 10.9. The lowest BCUT2D eigenvalue weighted by Crippen LogP contribution is -2.40. The van der Waals surface area contributed by atoms with Gasteiger partial charge in [-0.25, -0.2) is 4.79 Å². The highest BCUT2D eigenvalue weighted by atomic mass is 32.1. The molecule has 0 fully saturated rings. The average Bonchev–Trinajstić information content (AvgIpc) is 2.90. The monoisotopic (exact) mass is 299 g/mol. The van der Waals surface area contributed by atoms with Crippen LogP contribution >= 0.6 is 11.3 Å². The number of aliphatic carboxylic acids is 2. The molecule has 1 aromatic rings. The minimum Gasteiger partial charge on any atom is -0.481 e. The molecule has 0 saturated carbocycles. The van der Waals surface area contributed by atoms with Gasteiger partial charge in [0.1, 0.15) is 6.04 Å². The second-order valence-electron chi connectivity index (χ2n) is 4.33. The van der Waals surface area contributed by atoms with Crippen LogP contribution in [0, 0.1) is 0 Å². The largest absolute Gasteiger partial charge is 0.481 e. The van der Waals surface area contributed by atoms with Crippen molar-refractivity contribution >= 4 is 29.2 Å². The highest BCUT2D eigenvalue weighted by molar-refractivity contribution is 7.12. The van der Waals surface area contributed by atoms with Crippen LogP contribution < -0.4 is 5.32 Å². The molecule has 0 bridgehead atoms. The molecule has 0 aliphatic heterocycles. The van der Waals surface area contributed by atoms with Crippen LogP contribution in [0.2, 0.25) is 0 Å².